The second kappa shape index (κ2) is 7.38. The number of amides is 1. The maximum absolute atomic E-state index is 12.8. The van der Waals surface area contributed by atoms with E-state index in [2.05, 4.69) is 22.5 Å². The van der Waals surface area contributed by atoms with Crippen molar-refractivity contribution in [1.29, 1.82) is 0 Å². The van der Waals surface area contributed by atoms with E-state index in [1.54, 1.807) is 24.4 Å². The van der Waals surface area contributed by atoms with Crippen molar-refractivity contribution in [3.05, 3.63) is 59.7 Å². The second-order valence-electron chi connectivity index (χ2n) is 4.66. The molecule has 0 unspecified atom stereocenters. The molecule has 1 amide bonds. The maximum Gasteiger partial charge on any atom is 0.255 e. The van der Waals surface area contributed by atoms with E-state index in [0.29, 0.717) is 12.1 Å². The topological polar surface area (TPSA) is 54.0 Å². The monoisotopic (exact) mass is 287 g/mol. The summed E-state index contributed by atoms with van der Waals surface area (Å²) < 4.78 is 12.8. The minimum Gasteiger partial charge on any atom is -0.384 e. The standard InChI is InChI=1S/C16H18FN3O/c1-2-8-19-15-7-9-18-11-14(15)16(21)20-10-12-3-5-13(17)6-4-12/h3-7,9,11H,2,8,10H2,1H3,(H,18,19)(H,20,21). The number of hydrogen-bond acceptors (Lipinski definition) is 3. The molecule has 0 aliphatic heterocycles. The summed E-state index contributed by atoms with van der Waals surface area (Å²) in [7, 11) is 0. The highest BCUT2D eigenvalue weighted by atomic mass is 19.1. The zero-order valence-corrected chi connectivity index (χ0v) is 11.9. The van der Waals surface area contributed by atoms with Crippen molar-refractivity contribution >= 4 is 11.6 Å². The molecule has 0 fully saturated rings. The zero-order chi connectivity index (χ0) is 15.1. The van der Waals surface area contributed by atoms with Crippen LogP contribution in [0, 0.1) is 5.82 Å². The van der Waals surface area contributed by atoms with Crippen LogP contribution in [-0.2, 0) is 6.54 Å². The molecule has 2 aromatic rings. The van der Waals surface area contributed by atoms with Gasteiger partial charge in [-0.3, -0.25) is 9.78 Å². The highest BCUT2D eigenvalue weighted by molar-refractivity contribution is 5.99. The molecule has 4 nitrogen and oxygen atoms in total. The summed E-state index contributed by atoms with van der Waals surface area (Å²) in [6.45, 7) is 3.20. The van der Waals surface area contributed by atoms with Crippen LogP contribution in [0.3, 0.4) is 0 Å². The van der Waals surface area contributed by atoms with E-state index in [9.17, 15) is 9.18 Å². The van der Waals surface area contributed by atoms with Gasteiger partial charge in [0.05, 0.1) is 11.3 Å². The van der Waals surface area contributed by atoms with Gasteiger partial charge in [-0.25, -0.2) is 4.39 Å². The Balaban J connectivity index is 2.01. The summed E-state index contributed by atoms with van der Waals surface area (Å²) >= 11 is 0. The van der Waals surface area contributed by atoms with E-state index >= 15 is 0 Å². The van der Waals surface area contributed by atoms with Crippen LogP contribution >= 0.6 is 0 Å². The molecule has 0 spiro atoms. The zero-order valence-electron chi connectivity index (χ0n) is 11.9. The van der Waals surface area contributed by atoms with Crippen LogP contribution in [-0.4, -0.2) is 17.4 Å². The number of benzene rings is 1. The third-order valence-electron chi connectivity index (χ3n) is 3.00. The van der Waals surface area contributed by atoms with Crippen LogP contribution in [0.1, 0.15) is 29.3 Å². The van der Waals surface area contributed by atoms with Crippen LogP contribution in [0.15, 0.2) is 42.7 Å². The Kier molecular flexibility index (Phi) is 5.26. The first-order chi connectivity index (χ1) is 10.2. The molecular formula is C16H18FN3O. The van der Waals surface area contributed by atoms with Crippen molar-refractivity contribution in [2.24, 2.45) is 0 Å². The minimum absolute atomic E-state index is 0.203. The Labute approximate surface area is 123 Å². The Morgan fingerprint density at radius 1 is 1.24 bits per heavy atom. The van der Waals surface area contributed by atoms with Gasteiger partial charge in [0.25, 0.3) is 5.91 Å². The Morgan fingerprint density at radius 3 is 2.71 bits per heavy atom. The summed E-state index contributed by atoms with van der Waals surface area (Å²) in [5.74, 6) is -0.491. The lowest BCUT2D eigenvalue weighted by Gasteiger charge is -2.11. The fraction of sp³-hybridized carbons (Fsp3) is 0.250. The SMILES string of the molecule is CCCNc1ccncc1C(=O)NCc1ccc(F)cc1. The van der Waals surface area contributed by atoms with Crippen molar-refractivity contribution in [1.82, 2.24) is 10.3 Å². The molecule has 1 aromatic carbocycles. The summed E-state index contributed by atoms with van der Waals surface area (Å²) in [5, 5.41) is 6.01. The van der Waals surface area contributed by atoms with Crippen LogP contribution in [0.2, 0.25) is 0 Å². The molecule has 0 bridgehead atoms. The van der Waals surface area contributed by atoms with E-state index in [-0.39, 0.29) is 11.7 Å². The van der Waals surface area contributed by atoms with Gasteiger partial charge >= 0.3 is 0 Å². The van der Waals surface area contributed by atoms with E-state index < -0.39 is 0 Å². The lowest BCUT2D eigenvalue weighted by atomic mass is 10.2. The highest BCUT2D eigenvalue weighted by Crippen LogP contribution is 2.13. The van der Waals surface area contributed by atoms with Crippen molar-refractivity contribution in [3.63, 3.8) is 0 Å². The average Bonchev–Trinajstić information content (AvgIpc) is 2.52. The summed E-state index contributed by atoms with van der Waals surface area (Å²) in [6, 6.07) is 7.83. The van der Waals surface area contributed by atoms with Gasteiger partial charge in [0.2, 0.25) is 0 Å². The molecule has 110 valence electrons. The van der Waals surface area contributed by atoms with Gasteiger partial charge in [0.15, 0.2) is 0 Å². The molecule has 2 N–H and O–H groups in total. The van der Waals surface area contributed by atoms with Gasteiger partial charge in [-0.15, -0.1) is 0 Å². The van der Waals surface area contributed by atoms with Gasteiger partial charge in [0, 0.05) is 25.5 Å². The minimum atomic E-state index is -0.289. The number of carbonyl (C=O) groups is 1. The first kappa shape index (κ1) is 15.0. The second-order valence-corrected chi connectivity index (χ2v) is 4.66. The van der Waals surface area contributed by atoms with E-state index in [4.69, 9.17) is 0 Å². The highest BCUT2D eigenvalue weighted by Gasteiger charge is 2.10. The summed E-state index contributed by atoms with van der Waals surface area (Å²) in [4.78, 5) is 16.2. The third kappa shape index (κ3) is 4.27. The van der Waals surface area contributed by atoms with Crippen LogP contribution in [0.25, 0.3) is 0 Å². The Hall–Kier alpha value is -2.43. The molecule has 1 heterocycles. The van der Waals surface area contributed by atoms with Gasteiger partial charge in [0.1, 0.15) is 5.82 Å². The molecule has 0 aliphatic rings. The molecule has 0 atom stereocenters. The number of rotatable bonds is 6. The normalized spacial score (nSPS) is 10.2. The van der Waals surface area contributed by atoms with Gasteiger partial charge in [-0.1, -0.05) is 19.1 Å². The quantitative estimate of drug-likeness (QED) is 0.859. The van der Waals surface area contributed by atoms with Crippen LogP contribution in [0.5, 0.6) is 0 Å². The summed E-state index contributed by atoms with van der Waals surface area (Å²) in [5.41, 5.74) is 2.12. The molecule has 21 heavy (non-hydrogen) atoms. The number of anilines is 1. The van der Waals surface area contributed by atoms with E-state index in [1.165, 1.54) is 18.3 Å². The number of nitrogens with one attached hydrogen (secondary N) is 2. The van der Waals surface area contributed by atoms with E-state index in [0.717, 1.165) is 24.2 Å². The van der Waals surface area contributed by atoms with E-state index in [1.807, 2.05) is 0 Å². The van der Waals surface area contributed by atoms with Crippen molar-refractivity contribution in [3.8, 4) is 0 Å². The number of aromatic nitrogens is 1. The number of halogens is 1. The predicted octanol–water partition coefficient (Wildman–Crippen LogP) is 2.97. The Bertz CT molecular complexity index is 599. The first-order valence-electron chi connectivity index (χ1n) is 6.91. The van der Waals surface area contributed by atoms with Crippen molar-refractivity contribution in [2.45, 2.75) is 19.9 Å². The van der Waals surface area contributed by atoms with Gasteiger partial charge < -0.3 is 10.6 Å². The van der Waals surface area contributed by atoms with Crippen molar-refractivity contribution < 1.29 is 9.18 Å². The number of pyridine rings is 1. The molecule has 1 aromatic heterocycles. The number of carbonyl (C=O) groups excluding carboxylic acids is 1. The Morgan fingerprint density at radius 2 is 2.00 bits per heavy atom. The summed E-state index contributed by atoms with van der Waals surface area (Å²) in [6.07, 6.45) is 4.16. The fourth-order valence-electron chi connectivity index (χ4n) is 1.87. The predicted molar refractivity (Wildman–Crippen MR) is 80.6 cm³/mol. The van der Waals surface area contributed by atoms with Crippen LogP contribution < -0.4 is 10.6 Å². The van der Waals surface area contributed by atoms with Crippen molar-refractivity contribution in [2.75, 3.05) is 11.9 Å². The fourth-order valence-corrected chi connectivity index (χ4v) is 1.87. The largest absolute Gasteiger partial charge is 0.384 e. The number of hydrogen-bond donors (Lipinski definition) is 2. The molecule has 2 rings (SSSR count). The van der Waals surface area contributed by atoms with Gasteiger partial charge in [-0.2, -0.15) is 0 Å². The average molecular weight is 287 g/mol. The molecule has 0 aliphatic carbocycles. The van der Waals surface area contributed by atoms with Gasteiger partial charge in [-0.05, 0) is 30.2 Å². The maximum atomic E-state index is 12.8. The third-order valence-corrected chi connectivity index (χ3v) is 3.00. The lowest BCUT2D eigenvalue weighted by Crippen LogP contribution is -2.24. The molecular weight excluding hydrogens is 269 g/mol. The smallest absolute Gasteiger partial charge is 0.255 e. The number of nitrogens with zero attached hydrogens (tertiary/aromatic N) is 1. The lowest BCUT2D eigenvalue weighted by molar-refractivity contribution is 0.0951. The molecule has 5 heteroatoms. The first-order valence-corrected chi connectivity index (χ1v) is 6.91. The molecule has 0 radical (unpaired) electrons. The molecule has 0 saturated carbocycles. The van der Waals surface area contributed by atoms with Crippen LogP contribution in [0.4, 0.5) is 10.1 Å². The molecule has 0 saturated heterocycles.